The molecule has 0 spiro atoms. The Morgan fingerprint density at radius 1 is 1.55 bits per heavy atom. The summed E-state index contributed by atoms with van der Waals surface area (Å²) < 4.78 is 1.62. The van der Waals surface area contributed by atoms with Crippen molar-refractivity contribution in [2.24, 2.45) is 7.05 Å². The fourth-order valence-electron chi connectivity index (χ4n) is 0.959. The van der Waals surface area contributed by atoms with E-state index in [0.29, 0.717) is 5.15 Å². The van der Waals surface area contributed by atoms with Gasteiger partial charge in [0.05, 0.1) is 5.39 Å². The van der Waals surface area contributed by atoms with E-state index in [0.717, 1.165) is 11.0 Å². The molecule has 0 aliphatic rings. The topological polar surface area (TPSA) is 43.6 Å². The summed E-state index contributed by atoms with van der Waals surface area (Å²) in [6.07, 6.45) is 3.12. The molecular weight excluding hydrogens is 164 g/mol. The molecule has 2 heterocycles. The predicted molar refractivity (Wildman–Crippen MR) is 41.3 cm³/mol. The molecule has 0 bridgehead atoms. The average molecular weight is 169 g/mol. The quantitative estimate of drug-likeness (QED) is 0.590. The first-order valence-corrected chi connectivity index (χ1v) is 3.45. The molecule has 0 N–H and O–H groups in total. The molecule has 0 saturated heterocycles. The molecule has 5 heteroatoms. The van der Waals surface area contributed by atoms with E-state index in [4.69, 9.17) is 11.6 Å². The van der Waals surface area contributed by atoms with Crippen LogP contribution in [0.3, 0.4) is 0 Å². The van der Waals surface area contributed by atoms with Gasteiger partial charge in [-0.05, 0) is 0 Å². The number of hydrogen-bond donors (Lipinski definition) is 0. The third kappa shape index (κ3) is 0.867. The van der Waals surface area contributed by atoms with Gasteiger partial charge >= 0.3 is 0 Å². The maximum absolute atomic E-state index is 5.77. The highest BCUT2D eigenvalue weighted by atomic mass is 35.5. The molecule has 11 heavy (non-hydrogen) atoms. The van der Waals surface area contributed by atoms with Gasteiger partial charge in [0.1, 0.15) is 6.33 Å². The monoisotopic (exact) mass is 168 g/mol. The number of aryl methyl sites for hydroxylation is 1. The van der Waals surface area contributed by atoms with E-state index < -0.39 is 0 Å². The third-order valence-electron chi connectivity index (χ3n) is 1.46. The minimum absolute atomic E-state index is 0.447. The zero-order chi connectivity index (χ0) is 7.84. The Hall–Kier alpha value is -1.16. The molecule has 2 aromatic rings. The van der Waals surface area contributed by atoms with Gasteiger partial charge in [0.15, 0.2) is 10.8 Å². The van der Waals surface area contributed by atoms with Crippen LogP contribution in [0.5, 0.6) is 0 Å². The van der Waals surface area contributed by atoms with Crippen molar-refractivity contribution in [1.82, 2.24) is 19.7 Å². The van der Waals surface area contributed by atoms with Crippen LogP contribution in [0.1, 0.15) is 0 Å². The van der Waals surface area contributed by atoms with Crippen molar-refractivity contribution in [3.63, 3.8) is 0 Å². The maximum Gasteiger partial charge on any atom is 0.162 e. The predicted octanol–water partition coefficient (Wildman–Crippen LogP) is 1.02. The van der Waals surface area contributed by atoms with Gasteiger partial charge in [-0.15, -0.1) is 0 Å². The number of rotatable bonds is 0. The summed E-state index contributed by atoms with van der Waals surface area (Å²) in [5, 5.41) is 5.21. The van der Waals surface area contributed by atoms with Gasteiger partial charge in [-0.1, -0.05) is 11.6 Å². The Bertz CT molecular complexity index is 358. The minimum Gasteiger partial charge on any atom is -0.249 e. The molecule has 0 atom stereocenters. The molecule has 0 amide bonds. The number of fused-ring (bicyclic) bond motifs is 1. The molecule has 2 aromatic heterocycles. The molecule has 0 aromatic carbocycles. The van der Waals surface area contributed by atoms with Gasteiger partial charge in [0, 0.05) is 13.2 Å². The van der Waals surface area contributed by atoms with Gasteiger partial charge in [0.25, 0.3) is 0 Å². The lowest BCUT2D eigenvalue weighted by Gasteiger charge is -1.88. The van der Waals surface area contributed by atoms with Crippen molar-refractivity contribution in [3.8, 4) is 0 Å². The Balaban J connectivity index is 2.95. The number of hydrogen-bond acceptors (Lipinski definition) is 3. The molecule has 4 nitrogen and oxygen atoms in total. The van der Waals surface area contributed by atoms with E-state index in [1.807, 2.05) is 0 Å². The number of nitrogens with zero attached hydrogens (tertiary/aromatic N) is 4. The lowest BCUT2D eigenvalue weighted by atomic mass is 10.4. The SMILES string of the molecule is Cn1nc(Cl)c2cncnc21. The molecule has 0 unspecified atom stereocenters. The van der Waals surface area contributed by atoms with E-state index in [1.54, 1.807) is 17.9 Å². The van der Waals surface area contributed by atoms with E-state index in [9.17, 15) is 0 Å². The standard InChI is InChI=1S/C6H5ClN4/c1-11-6-4(5(7)10-11)2-8-3-9-6/h2-3H,1H3. The lowest BCUT2D eigenvalue weighted by molar-refractivity contribution is 0.785. The lowest BCUT2D eigenvalue weighted by Crippen LogP contribution is -1.91. The summed E-state index contributed by atoms with van der Waals surface area (Å²) in [4.78, 5) is 7.84. The molecule has 2 rings (SSSR count). The van der Waals surface area contributed by atoms with E-state index in [1.165, 1.54) is 6.33 Å². The van der Waals surface area contributed by atoms with Crippen molar-refractivity contribution < 1.29 is 0 Å². The van der Waals surface area contributed by atoms with Crippen molar-refractivity contribution in [1.29, 1.82) is 0 Å². The highest BCUT2D eigenvalue weighted by Gasteiger charge is 2.05. The van der Waals surface area contributed by atoms with Gasteiger partial charge in [0.2, 0.25) is 0 Å². The molecule has 0 aliphatic heterocycles. The number of aromatic nitrogens is 4. The van der Waals surface area contributed by atoms with E-state index in [-0.39, 0.29) is 0 Å². The van der Waals surface area contributed by atoms with Gasteiger partial charge in [-0.25, -0.2) is 14.6 Å². The second-order valence-electron chi connectivity index (χ2n) is 2.17. The average Bonchev–Trinajstić information content (AvgIpc) is 2.30. The Kier molecular flexibility index (Phi) is 1.29. The van der Waals surface area contributed by atoms with Crippen molar-refractivity contribution in [2.75, 3.05) is 0 Å². The zero-order valence-electron chi connectivity index (χ0n) is 5.82. The first kappa shape index (κ1) is 6.54. The van der Waals surface area contributed by atoms with Crippen LogP contribution in [0.15, 0.2) is 12.5 Å². The Labute approximate surface area is 67.8 Å². The van der Waals surface area contributed by atoms with Crippen LogP contribution in [0.4, 0.5) is 0 Å². The Morgan fingerprint density at radius 2 is 2.36 bits per heavy atom. The van der Waals surface area contributed by atoms with Gasteiger partial charge in [-0.2, -0.15) is 5.10 Å². The minimum atomic E-state index is 0.447. The first-order chi connectivity index (χ1) is 5.29. The number of halogens is 1. The molecule has 0 saturated carbocycles. The van der Waals surface area contributed by atoms with Crippen molar-refractivity contribution >= 4 is 22.6 Å². The normalized spacial score (nSPS) is 10.7. The summed E-state index contributed by atoms with van der Waals surface area (Å²) in [6.45, 7) is 0. The summed E-state index contributed by atoms with van der Waals surface area (Å²) in [5.41, 5.74) is 0.755. The van der Waals surface area contributed by atoms with Crippen LogP contribution in [-0.2, 0) is 7.05 Å². The molecular formula is C6H5ClN4. The Morgan fingerprint density at radius 3 is 3.09 bits per heavy atom. The highest BCUT2D eigenvalue weighted by molar-refractivity contribution is 6.34. The van der Waals surface area contributed by atoms with Crippen LogP contribution >= 0.6 is 11.6 Å². The second-order valence-corrected chi connectivity index (χ2v) is 2.53. The fourth-order valence-corrected chi connectivity index (χ4v) is 1.21. The highest BCUT2D eigenvalue weighted by Crippen LogP contribution is 2.17. The third-order valence-corrected chi connectivity index (χ3v) is 1.74. The van der Waals surface area contributed by atoms with Gasteiger partial charge in [-0.3, -0.25) is 0 Å². The zero-order valence-corrected chi connectivity index (χ0v) is 6.58. The summed E-state index contributed by atoms with van der Waals surface area (Å²) in [6, 6.07) is 0. The molecule has 0 aliphatic carbocycles. The largest absolute Gasteiger partial charge is 0.249 e. The molecule has 0 fully saturated rings. The molecule has 56 valence electrons. The maximum atomic E-state index is 5.77. The van der Waals surface area contributed by atoms with E-state index >= 15 is 0 Å². The smallest absolute Gasteiger partial charge is 0.162 e. The van der Waals surface area contributed by atoms with E-state index in [2.05, 4.69) is 15.1 Å². The van der Waals surface area contributed by atoms with Crippen LogP contribution < -0.4 is 0 Å². The second kappa shape index (κ2) is 2.17. The first-order valence-electron chi connectivity index (χ1n) is 3.07. The van der Waals surface area contributed by atoms with Crippen LogP contribution in [-0.4, -0.2) is 19.7 Å². The molecule has 0 radical (unpaired) electrons. The van der Waals surface area contributed by atoms with Crippen LogP contribution in [0, 0.1) is 0 Å². The van der Waals surface area contributed by atoms with Gasteiger partial charge < -0.3 is 0 Å². The van der Waals surface area contributed by atoms with Crippen molar-refractivity contribution in [2.45, 2.75) is 0 Å². The summed E-state index contributed by atoms with van der Waals surface area (Å²) in [5.74, 6) is 0. The summed E-state index contributed by atoms with van der Waals surface area (Å²) in [7, 11) is 1.79. The van der Waals surface area contributed by atoms with Crippen LogP contribution in [0.2, 0.25) is 5.15 Å². The van der Waals surface area contributed by atoms with Crippen molar-refractivity contribution in [3.05, 3.63) is 17.7 Å². The fraction of sp³-hybridized carbons (Fsp3) is 0.167. The van der Waals surface area contributed by atoms with Crippen LogP contribution in [0.25, 0.3) is 11.0 Å². The summed E-state index contributed by atoms with van der Waals surface area (Å²) >= 11 is 5.77.